The summed E-state index contributed by atoms with van der Waals surface area (Å²) in [5, 5.41) is 2.73. The predicted octanol–water partition coefficient (Wildman–Crippen LogP) is 1.79. The van der Waals surface area contributed by atoms with E-state index < -0.39 is 15.4 Å². The zero-order valence-electron chi connectivity index (χ0n) is 16.6. The van der Waals surface area contributed by atoms with E-state index in [1.807, 2.05) is 24.3 Å². The molecule has 1 aromatic rings. The van der Waals surface area contributed by atoms with Gasteiger partial charge in [0.05, 0.1) is 10.8 Å². The second-order valence-electron chi connectivity index (χ2n) is 8.75. The molecule has 0 radical (unpaired) electrons. The monoisotopic (exact) mass is 405 g/mol. The van der Waals surface area contributed by atoms with Crippen LogP contribution in [-0.2, 0) is 15.4 Å². The molecule has 1 heterocycles. The minimum Gasteiger partial charge on any atom is -0.348 e. The number of nitrogens with two attached hydrogens (primary N) is 1. The molecule has 28 heavy (non-hydrogen) atoms. The number of sulfone groups is 1. The lowest BCUT2D eigenvalue weighted by molar-refractivity contribution is 0.0921. The molecule has 2 saturated carbocycles. The zero-order chi connectivity index (χ0) is 19.9. The summed E-state index contributed by atoms with van der Waals surface area (Å²) in [6, 6.07) is 7.61. The number of hydrogen-bond acceptors (Lipinski definition) is 5. The van der Waals surface area contributed by atoms with Gasteiger partial charge in [-0.25, -0.2) is 8.42 Å². The van der Waals surface area contributed by atoms with Crippen LogP contribution in [0.15, 0.2) is 24.3 Å². The average Bonchev–Trinajstić information content (AvgIpc) is 3.21. The van der Waals surface area contributed by atoms with Crippen LogP contribution in [0.2, 0.25) is 0 Å². The molecule has 1 saturated heterocycles. The lowest BCUT2D eigenvalue weighted by Gasteiger charge is -2.30. The van der Waals surface area contributed by atoms with Crippen LogP contribution in [0.1, 0.15) is 60.9 Å². The highest BCUT2D eigenvalue weighted by atomic mass is 32.2. The molecular weight excluding hydrogens is 374 g/mol. The molecule has 0 aromatic heterocycles. The van der Waals surface area contributed by atoms with Crippen molar-refractivity contribution in [2.45, 2.75) is 67.8 Å². The van der Waals surface area contributed by atoms with Crippen molar-refractivity contribution in [3.63, 3.8) is 0 Å². The molecular formula is C21H31N3O3S. The molecule has 0 bridgehead atoms. The second-order valence-corrected chi connectivity index (χ2v) is 11.0. The van der Waals surface area contributed by atoms with Gasteiger partial charge in [-0.05, 0) is 62.9 Å². The van der Waals surface area contributed by atoms with Crippen molar-refractivity contribution in [1.29, 1.82) is 0 Å². The minimum absolute atomic E-state index is 0.0254. The number of likely N-dealkylation sites (tertiary alicyclic amines) is 1. The first-order valence-electron chi connectivity index (χ1n) is 10.4. The Morgan fingerprint density at radius 3 is 2.32 bits per heavy atom. The number of nitrogens with one attached hydrogen (secondary N) is 1. The fourth-order valence-corrected chi connectivity index (χ4v) is 6.72. The van der Waals surface area contributed by atoms with Crippen LogP contribution in [-0.4, -0.2) is 55.9 Å². The lowest BCUT2D eigenvalue weighted by Crippen LogP contribution is -2.49. The van der Waals surface area contributed by atoms with Crippen LogP contribution in [0.5, 0.6) is 0 Å². The summed E-state index contributed by atoms with van der Waals surface area (Å²) in [6.07, 6.45) is 8.32. The average molecular weight is 406 g/mol. The van der Waals surface area contributed by atoms with Crippen molar-refractivity contribution in [2.75, 3.05) is 19.3 Å². The number of carbonyl (C=O) groups is 1. The fourth-order valence-electron chi connectivity index (χ4n) is 5.17. The molecule has 1 aromatic carbocycles. The van der Waals surface area contributed by atoms with Gasteiger partial charge in [0.2, 0.25) is 0 Å². The maximum Gasteiger partial charge on any atom is 0.251 e. The van der Waals surface area contributed by atoms with Crippen molar-refractivity contribution in [2.24, 2.45) is 5.73 Å². The van der Waals surface area contributed by atoms with Crippen molar-refractivity contribution in [3.05, 3.63) is 35.4 Å². The maximum absolute atomic E-state index is 12.6. The van der Waals surface area contributed by atoms with E-state index in [0.717, 1.165) is 57.2 Å². The molecule has 1 aliphatic heterocycles. The third-order valence-electron chi connectivity index (χ3n) is 6.84. The van der Waals surface area contributed by atoms with Gasteiger partial charge in [0.1, 0.15) is 0 Å². The molecule has 4 unspecified atom stereocenters. The first-order valence-corrected chi connectivity index (χ1v) is 12.4. The van der Waals surface area contributed by atoms with Crippen LogP contribution >= 0.6 is 0 Å². The van der Waals surface area contributed by atoms with Crippen LogP contribution in [0.4, 0.5) is 0 Å². The molecule has 6 nitrogen and oxygen atoms in total. The van der Waals surface area contributed by atoms with Gasteiger partial charge in [-0.2, -0.15) is 0 Å². The Kier molecular flexibility index (Phi) is 5.27. The number of carbonyl (C=O) groups excluding carboxylic acids is 1. The van der Waals surface area contributed by atoms with Gasteiger partial charge < -0.3 is 11.1 Å². The molecule has 4 rings (SSSR count). The Morgan fingerprint density at radius 1 is 1.11 bits per heavy atom. The Labute approximate surface area is 167 Å². The number of amides is 1. The topological polar surface area (TPSA) is 92.5 Å². The van der Waals surface area contributed by atoms with E-state index in [1.165, 1.54) is 6.26 Å². The molecule has 4 atom stereocenters. The Bertz CT molecular complexity index is 833. The zero-order valence-corrected chi connectivity index (χ0v) is 17.4. The highest BCUT2D eigenvalue weighted by molar-refractivity contribution is 7.91. The minimum atomic E-state index is -3.11. The third-order valence-corrected chi connectivity index (χ3v) is 8.43. The molecule has 1 amide bonds. The quantitative estimate of drug-likeness (QED) is 0.779. The number of hydrogen-bond donors (Lipinski definition) is 2. The number of rotatable bonds is 5. The van der Waals surface area contributed by atoms with E-state index >= 15 is 0 Å². The van der Waals surface area contributed by atoms with Crippen molar-refractivity contribution in [3.8, 4) is 0 Å². The molecule has 2 aliphatic carbocycles. The van der Waals surface area contributed by atoms with Crippen molar-refractivity contribution in [1.82, 2.24) is 10.2 Å². The van der Waals surface area contributed by atoms with Gasteiger partial charge >= 0.3 is 0 Å². The molecule has 3 aliphatic rings. The lowest BCUT2D eigenvalue weighted by atomic mass is 9.91. The highest BCUT2D eigenvalue weighted by Gasteiger charge is 2.64. The normalized spacial score (nSPS) is 33.6. The Morgan fingerprint density at radius 2 is 1.75 bits per heavy atom. The summed E-state index contributed by atoms with van der Waals surface area (Å²) >= 11 is 0. The largest absolute Gasteiger partial charge is 0.348 e. The van der Waals surface area contributed by atoms with E-state index in [-0.39, 0.29) is 23.2 Å². The Balaban J connectivity index is 1.52. The Hall–Kier alpha value is -1.44. The summed E-state index contributed by atoms with van der Waals surface area (Å²) in [4.78, 5) is 15.0. The van der Waals surface area contributed by atoms with Gasteiger partial charge in [-0.1, -0.05) is 25.0 Å². The van der Waals surface area contributed by atoms with Gasteiger partial charge in [0.15, 0.2) is 9.84 Å². The number of nitrogens with zero attached hydrogens (tertiary/aromatic N) is 1. The van der Waals surface area contributed by atoms with Gasteiger partial charge in [-0.3, -0.25) is 9.69 Å². The van der Waals surface area contributed by atoms with Crippen LogP contribution in [0.3, 0.4) is 0 Å². The van der Waals surface area contributed by atoms with Gasteiger partial charge in [0.25, 0.3) is 5.91 Å². The second kappa shape index (κ2) is 7.43. The fraction of sp³-hybridized carbons (Fsp3) is 0.667. The van der Waals surface area contributed by atoms with E-state index in [2.05, 4.69) is 10.2 Å². The van der Waals surface area contributed by atoms with Crippen LogP contribution in [0.25, 0.3) is 0 Å². The van der Waals surface area contributed by atoms with E-state index in [4.69, 9.17) is 5.73 Å². The summed E-state index contributed by atoms with van der Waals surface area (Å²) in [5.74, 6) is -0.0976. The van der Waals surface area contributed by atoms with E-state index in [1.54, 1.807) is 0 Å². The molecule has 154 valence electrons. The molecule has 0 spiro atoms. The van der Waals surface area contributed by atoms with Gasteiger partial charge in [0, 0.05) is 23.9 Å². The van der Waals surface area contributed by atoms with Crippen LogP contribution in [0, 0.1) is 0 Å². The smallest absolute Gasteiger partial charge is 0.251 e. The van der Waals surface area contributed by atoms with Gasteiger partial charge in [-0.15, -0.1) is 0 Å². The van der Waals surface area contributed by atoms with E-state index in [9.17, 15) is 13.2 Å². The third kappa shape index (κ3) is 3.60. The van der Waals surface area contributed by atoms with E-state index in [0.29, 0.717) is 12.0 Å². The maximum atomic E-state index is 12.6. The number of benzene rings is 1. The SMILES string of the molecule is CS(=O)(=O)C1CC1(c1ccc(C(=O)NC2CCCCC2N)cc1)N1CCCC1. The predicted molar refractivity (Wildman–Crippen MR) is 110 cm³/mol. The standard InChI is InChI=1S/C21H31N3O3S/c1-28(26,27)19-14-21(19,24-12-4-5-13-24)16-10-8-15(9-11-16)20(25)23-18-7-3-2-6-17(18)22/h8-11,17-19H,2-7,12-14,22H2,1H3,(H,23,25). The molecule has 3 fully saturated rings. The van der Waals surface area contributed by atoms with Crippen molar-refractivity contribution >= 4 is 15.7 Å². The highest BCUT2D eigenvalue weighted by Crippen LogP contribution is 2.55. The summed E-state index contributed by atoms with van der Waals surface area (Å²) in [6.45, 7) is 1.88. The summed E-state index contributed by atoms with van der Waals surface area (Å²) in [5.41, 5.74) is 7.35. The summed E-state index contributed by atoms with van der Waals surface area (Å²) in [7, 11) is -3.11. The molecule has 7 heteroatoms. The van der Waals surface area contributed by atoms with Crippen molar-refractivity contribution < 1.29 is 13.2 Å². The summed E-state index contributed by atoms with van der Waals surface area (Å²) < 4.78 is 24.5. The first kappa shape index (κ1) is 19.9. The molecule has 3 N–H and O–H groups in total. The first-order chi connectivity index (χ1) is 13.3. The van der Waals surface area contributed by atoms with Crippen LogP contribution < -0.4 is 11.1 Å².